The molecule has 1 N–H and O–H groups in total. The van der Waals surface area contributed by atoms with Crippen LogP contribution >= 0.6 is 0 Å². The van der Waals surface area contributed by atoms with E-state index in [0.29, 0.717) is 19.6 Å². The van der Waals surface area contributed by atoms with Crippen molar-refractivity contribution in [2.45, 2.75) is 32.1 Å². The molecule has 3 rings (SSSR count). The zero-order chi connectivity index (χ0) is 25.4. The minimum absolute atomic E-state index is 0.0711. The summed E-state index contributed by atoms with van der Waals surface area (Å²) < 4.78 is 11.2. The SMILES string of the molecule is COc1ccccc1N1CCN(CCCCNC(=O)/C=C/c2ccc(OCCCCC#N)cc2)CC1. The Hall–Kier alpha value is -3.50. The molecule has 0 saturated carbocycles. The number of ether oxygens (including phenoxy) is 2. The van der Waals surface area contributed by atoms with Gasteiger partial charge in [0, 0.05) is 45.2 Å². The number of nitriles is 1. The van der Waals surface area contributed by atoms with Crippen LogP contribution in [0.5, 0.6) is 11.5 Å². The number of piperazine rings is 1. The molecule has 0 aromatic heterocycles. The maximum atomic E-state index is 12.1. The lowest BCUT2D eigenvalue weighted by atomic mass is 10.2. The number of hydrogen-bond acceptors (Lipinski definition) is 6. The quantitative estimate of drug-likeness (QED) is 0.310. The number of unbranched alkanes of at least 4 members (excludes halogenated alkanes) is 3. The van der Waals surface area contributed by atoms with Gasteiger partial charge < -0.3 is 19.7 Å². The molecule has 7 nitrogen and oxygen atoms in total. The van der Waals surface area contributed by atoms with Gasteiger partial charge in [0.2, 0.25) is 5.91 Å². The fourth-order valence-electron chi connectivity index (χ4n) is 4.18. The molecular formula is C29H38N4O3. The fraction of sp³-hybridized carbons (Fsp3) is 0.448. The Bertz CT molecular complexity index is 992. The summed E-state index contributed by atoms with van der Waals surface area (Å²) in [5.41, 5.74) is 2.12. The molecule has 2 aromatic rings. The van der Waals surface area contributed by atoms with Gasteiger partial charge in [0.1, 0.15) is 11.5 Å². The van der Waals surface area contributed by atoms with Crippen LogP contribution in [0.1, 0.15) is 37.7 Å². The van der Waals surface area contributed by atoms with E-state index in [-0.39, 0.29) is 5.91 Å². The molecule has 7 heteroatoms. The molecule has 1 aliphatic heterocycles. The molecule has 192 valence electrons. The lowest BCUT2D eigenvalue weighted by Gasteiger charge is -2.36. The number of benzene rings is 2. The van der Waals surface area contributed by atoms with Crippen LogP contribution in [-0.2, 0) is 4.79 Å². The van der Waals surface area contributed by atoms with Crippen molar-refractivity contribution in [3.8, 4) is 17.6 Å². The van der Waals surface area contributed by atoms with Gasteiger partial charge >= 0.3 is 0 Å². The van der Waals surface area contributed by atoms with E-state index in [1.807, 2.05) is 42.5 Å². The van der Waals surface area contributed by atoms with E-state index >= 15 is 0 Å². The lowest BCUT2D eigenvalue weighted by molar-refractivity contribution is -0.116. The Labute approximate surface area is 215 Å². The normalized spacial score (nSPS) is 13.9. The number of anilines is 1. The average Bonchev–Trinajstić information content (AvgIpc) is 2.92. The highest BCUT2D eigenvalue weighted by Gasteiger charge is 2.19. The van der Waals surface area contributed by atoms with Crippen LogP contribution in [0, 0.1) is 11.3 Å². The molecule has 0 atom stereocenters. The molecule has 1 aliphatic rings. The second-order valence-corrected chi connectivity index (χ2v) is 8.86. The van der Waals surface area contributed by atoms with Crippen LogP contribution in [-0.4, -0.2) is 63.8 Å². The third kappa shape index (κ3) is 9.27. The monoisotopic (exact) mass is 490 g/mol. The van der Waals surface area contributed by atoms with E-state index in [1.165, 1.54) is 5.69 Å². The van der Waals surface area contributed by atoms with Crippen molar-refractivity contribution in [2.24, 2.45) is 0 Å². The summed E-state index contributed by atoms with van der Waals surface area (Å²) in [6.07, 6.45) is 7.72. The predicted octanol–water partition coefficient (Wildman–Crippen LogP) is 4.50. The van der Waals surface area contributed by atoms with Crippen molar-refractivity contribution < 1.29 is 14.3 Å². The number of nitrogens with one attached hydrogen (secondary N) is 1. The maximum Gasteiger partial charge on any atom is 0.243 e. The Morgan fingerprint density at radius 2 is 1.81 bits per heavy atom. The average molecular weight is 491 g/mol. The van der Waals surface area contributed by atoms with Crippen LogP contribution < -0.4 is 19.7 Å². The van der Waals surface area contributed by atoms with Gasteiger partial charge in [-0.25, -0.2) is 0 Å². The van der Waals surface area contributed by atoms with E-state index in [4.69, 9.17) is 14.7 Å². The zero-order valence-corrected chi connectivity index (χ0v) is 21.3. The molecular weight excluding hydrogens is 452 g/mol. The summed E-state index contributed by atoms with van der Waals surface area (Å²) in [6, 6.07) is 18.0. The van der Waals surface area contributed by atoms with Gasteiger partial charge in [0.25, 0.3) is 0 Å². The van der Waals surface area contributed by atoms with Crippen LogP contribution in [0.3, 0.4) is 0 Å². The Balaban J connectivity index is 1.25. The number of nitrogens with zero attached hydrogens (tertiary/aromatic N) is 3. The van der Waals surface area contributed by atoms with Crippen LogP contribution in [0.2, 0.25) is 0 Å². The van der Waals surface area contributed by atoms with E-state index in [2.05, 4.69) is 33.3 Å². The highest BCUT2D eigenvalue weighted by atomic mass is 16.5. The summed E-state index contributed by atoms with van der Waals surface area (Å²) >= 11 is 0. The minimum atomic E-state index is -0.0711. The zero-order valence-electron chi connectivity index (χ0n) is 21.3. The third-order valence-electron chi connectivity index (χ3n) is 6.26. The first-order valence-corrected chi connectivity index (χ1v) is 12.9. The fourth-order valence-corrected chi connectivity index (χ4v) is 4.18. The first-order chi connectivity index (χ1) is 17.7. The van der Waals surface area contributed by atoms with E-state index in [9.17, 15) is 4.79 Å². The van der Waals surface area contributed by atoms with Crippen LogP contribution in [0.25, 0.3) is 6.08 Å². The molecule has 36 heavy (non-hydrogen) atoms. The number of hydrogen-bond donors (Lipinski definition) is 1. The van der Waals surface area contributed by atoms with Crippen LogP contribution in [0.15, 0.2) is 54.6 Å². The summed E-state index contributed by atoms with van der Waals surface area (Å²) in [4.78, 5) is 17.0. The molecule has 0 spiro atoms. The number of para-hydroxylation sites is 2. The summed E-state index contributed by atoms with van der Waals surface area (Å²) in [7, 11) is 1.72. The van der Waals surface area contributed by atoms with Gasteiger partial charge in [-0.05, 0) is 68.1 Å². The molecule has 0 radical (unpaired) electrons. The largest absolute Gasteiger partial charge is 0.495 e. The van der Waals surface area contributed by atoms with Gasteiger partial charge in [-0.2, -0.15) is 5.26 Å². The second-order valence-electron chi connectivity index (χ2n) is 8.86. The second kappa shape index (κ2) is 15.5. The number of methoxy groups -OCH3 is 1. The maximum absolute atomic E-state index is 12.1. The number of amides is 1. The molecule has 0 aliphatic carbocycles. The van der Waals surface area contributed by atoms with Crippen molar-refractivity contribution in [2.75, 3.05) is 57.9 Å². The van der Waals surface area contributed by atoms with Crippen molar-refractivity contribution in [1.82, 2.24) is 10.2 Å². The van der Waals surface area contributed by atoms with Crippen molar-refractivity contribution in [3.63, 3.8) is 0 Å². The summed E-state index contributed by atoms with van der Waals surface area (Å²) in [6.45, 7) is 6.42. The standard InChI is InChI=1S/C29H38N4O3/c1-35-28-10-4-3-9-27(28)33-22-20-32(21-23-33)19-7-6-18-31-29(34)16-13-25-11-14-26(15-12-25)36-24-8-2-5-17-30/h3-4,9-16H,2,5-8,18-24H2,1H3,(H,31,34)/b16-13+. The lowest BCUT2D eigenvalue weighted by Crippen LogP contribution is -2.46. The van der Waals surface area contributed by atoms with Crippen molar-refractivity contribution >= 4 is 17.7 Å². The highest BCUT2D eigenvalue weighted by molar-refractivity contribution is 5.91. The van der Waals surface area contributed by atoms with Gasteiger partial charge in [-0.3, -0.25) is 9.69 Å². The van der Waals surface area contributed by atoms with Crippen LogP contribution in [0.4, 0.5) is 5.69 Å². The molecule has 1 heterocycles. The summed E-state index contributed by atoms with van der Waals surface area (Å²) in [5, 5.41) is 11.5. The molecule has 0 bridgehead atoms. The van der Waals surface area contributed by atoms with Gasteiger partial charge in [0.05, 0.1) is 25.5 Å². The molecule has 1 amide bonds. The highest BCUT2D eigenvalue weighted by Crippen LogP contribution is 2.28. The molecule has 0 unspecified atom stereocenters. The Morgan fingerprint density at radius 3 is 2.56 bits per heavy atom. The Kier molecular flexibility index (Phi) is 11.7. The molecule has 1 saturated heterocycles. The van der Waals surface area contributed by atoms with E-state index in [0.717, 1.165) is 75.5 Å². The van der Waals surface area contributed by atoms with Crippen molar-refractivity contribution in [1.29, 1.82) is 5.26 Å². The number of carbonyl (C=O) groups is 1. The summed E-state index contributed by atoms with van der Waals surface area (Å²) in [5.74, 6) is 1.66. The van der Waals surface area contributed by atoms with E-state index < -0.39 is 0 Å². The topological polar surface area (TPSA) is 77.8 Å². The third-order valence-corrected chi connectivity index (χ3v) is 6.26. The number of carbonyl (C=O) groups excluding carboxylic acids is 1. The molecule has 2 aromatic carbocycles. The smallest absolute Gasteiger partial charge is 0.243 e. The van der Waals surface area contributed by atoms with Gasteiger partial charge in [-0.15, -0.1) is 0 Å². The first kappa shape index (κ1) is 27.1. The molecule has 1 fully saturated rings. The van der Waals surface area contributed by atoms with Gasteiger partial charge in [0.15, 0.2) is 0 Å². The minimum Gasteiger partial charge on any atom is -0.495 e. The van der Waals surface area contributed by atoms with Gasteiger partial charge in [-0.1, -0.05) is 24.3 Å². The van der Waals surface area contributed by atoms with Crippen molar-refractivity contribution in [3.05, 3.63) is 60.2 Å². The van der Waals surface area contributed by atoms with E-state index in [1.54, 1.807) is 13.2 Å². The predicted molar refractivity (Wildman–Crippen MR) is 144 cm³/mol. The first-order valence-electron chi connectivity index (χ1n) is 12.9. The Morgan fingerprint density at radius 1 is 1.03 bits per heavy atom. The number of rotatable bonds is 14.